The van der Waals surface area contributed by atoms with E-state index in [0.29, 0.717) is 0 Å². The van der Waals surface area contributed by atoms with E-state index < -0.39 is 0 Å². The summed E-state index contributed by atoms with van der Waals surface area (Å²) < 4.78 is 11.3. The van der Waals surface area contributed by atoms with Crippen LogP contribution >= 0.6 is 35.6 Å². The first-order valence-corrected chi connectivity index (χ1v) is 9.63. The molecule has 2 heterocycles. The maximum absolute atomic E-state index is 6.34. The van der Waals surface area contributed by atoms with E-state index in [4.69, 9.17) is 21.1 Å². The van der Waals surface area contributed by atoms with Gasteiger partial charge in [0, 0.05) is 72.9 Å². The molecule has 1 N–H and O–H groups in total. The van der Waals surface area contributed by atoms with Crippen molar-refractivity contribution < 1.29 is 9.47 Å². The van der Waals surface area contributed by atoms with Gasteiger partial charge in [-0.25, -0.2) is 0 Å². The molecule has 0 unspecified atom stereocenters. The second-order valence-electron chi connectivity index (χ2n) is 6.83. The van der Waals surface area contributed by atoms with Crippen LogP contribution in [0.25, 0.3) is 0 Å². The lowest BCUT2D eigenvalue weighted by Crippen LogP contribution is -2.56. The van der Waals surface area contributed by atoms with E-state index in [2.05, 4.69) is 26.2 Å². The summed E-state index contributed by atoms with van der Waals surface area (Å²) in [5.74, 6) is 0.937. The van der Waals surface area contributed by atoms with Crippen molar-refractivity contribution in [3.63, 3.8) is 0 Å². The summed E-state index contributed by atoms with van der Waals surface area (Å²) in [6.07, 6.45) is 1.82. The van der Waals surface area contributed by atoms with Crippen molar-refractivity contribution in [1.29, 1.82) is 0 Å². The Hall–Kier alpha value is -0.770. The maximum atomic E-state index is 6.34. The molecule has 152 valence electrons. The molecule has 0 aromatic heterocycles. The molecule has 6 nitrogen and oxygen atoms in total. The lowest BCUT2D eigenvalue weighted by atomic mass is 9.94. The van der Waals surface area contributed by atoms with E-state index in [0.717, 1.165) is 75.4 Å². The molecule has 8 heteroatoms. The third-order valence-corrected chi connectivity index (χ3v) is 5.71. The summed E-state index contributed by atoms with van der Waals surface area (Å²) >= 11 is 6.34. The highest BCUT2D eigenvalue weighted by Crippen LogP contribution is 2.26. The summed E-state index contributed by atoms with van der Waals surface area (Å²) in [5.41, 5.74) is 0.949. The van der Waals surface area contributed by atoms with Crippen LogP contribution in [0.1, 0.15) is 12.8 Å². The number of hydrogen-bond donors (Lipinski definition) is 1. The fourth-order valence-electron chi connectivity index (χ4n) is 3.64. The molecule has 1 aromatic rings. The maximum Gasteiger partial charge on any atom is 0.193 e. The van der Waals surface area contributed by atoms with Gasteiger partial charge in [0.1, 0.15) is 0 Å². The third-order valence-electron chi connectivity index (χ3n) is 5.39. The Kier molecular flexibility index (Phi) is 8.91. The molecule has 0 aliphatic carbocycles. The Morgan fingerprint density at radius 3 is 2.48 bits per heavy atom. The summed E-state index contributed by atoms with van der Waals surface area (Å²) in [4.78, 5) is 9.11. The van der Waals surface area contributed by atoms with Gasteiger partial charge in [-0.05, 0) is 12.1 Å². The highest BCUT2D eigenvalue weighted by atomic mass is 127. The van der Waals surface area contributed by atoms with Crippen molar-refractivity contribution in [3.8, 4) is 0 Å². The van der Waals surface area contributed by atoms with Crippen LogP contribution < -0.4 is 10.2 Å². The lowest BCUT2D eigenvalue weighted by molar-refractivity contribution is -0.0857. The quantitative estimate of drug-likeness (QED) is 0.385. The van der Waals surface area contributed by atoms with Crippen LogP contribution in [0, 0.1) is 0 Å². The van der Waals surface area contributed by atoms with E-state index in [9.17, 15) is 0 Å². The molecule has 0 saturated carbocycles. The SMILES string of the molecule is CN=C(NCC1(OC)CCOCC1)N1CCN(c2ccccc2Cl)CC1.I. The molecular weight excluding hydrogens is 479 g/mol. The molecule has 0 amide bonds. The van der Waals surface area contributed by atoms with Gasteiger partial charge in [-0.3, -0.25) is 4.99 Å². The number of halogens is 2. The Bertz CT molecular complexity index is 617. The Labute approximate surface area is 184 Å². The fourth-order valence-corrected chi connectivity index (χ4v) is 3.89. The molecule has 0 atom stereocenters. The Balaban J connectivity index is 0.00000261. The molecule has 0 radical (unpaired) electrons. The van der Waals surface area contributed by atoms with E-state index in [1.807, 2.05) is 25.2 Å². The van der Waals surface area contributed by atoms with Gasteiger partial charge in [0.15, 0.2) is 5.96 Å². The van der Waals surface area contributed by atoms with Gasteiger partial charge < -0.3 is 24.6 Å². The Morgan fingerprint density at radius 2 is 1.89 bits per heavy atom. The summed E-state index contributed by atoms with van der Waals surface area (Å²) in [6, 6.07) is 8.03. The van der Waals surface area contributed by atoms with Gasteiger partial charge in [-0.1, -0.05) is 23.7 Å². The van der Waals surface area contributed by atoms with Crippen molar-refractivity contribution >= 4 is 47.2 Å². The van der Waals surface area contributed by atoms with E-state index in [1.165, 1.54) is 0 Å². The molecule has 0 bridgehead atoms. The zero-order chi connectivity index (χ0) is 18.4. The number of para-hydroxylation sites is 1. The number of rotatable bonds is 4. The lowest BCUT2D eigenvalue weighted by Gasteiger charge is -2.40. The molecule has 3 rings (SSSR count). The minimum atomic E-state index is -0.159. The average Bonchev–Trinajstić information content (AvgIpc) is 2.70. The van der Waals surface area contributed by atoms with Crippen LogP contribution in [-0.4, -0.2) is 76.6 Å². The van der Waals surface area contributed by atoms with Crippen molar-refractivity contribution in [2.75, 3.05) is 65.0 Å². The van der Waals surface area contributed by atoms with Crippen LogP contribution in [0.3, 0.4) is 0 Å². The molecule has 2 fully saturated rings. The highest BCUT2D eigenvalue weighted by Gasteiger charge is 2.33. The molecular formula is C19H30ClIN4O2. The van der Waals surface area contributed by atoms with Crippen LogP contribution in [0.5, 0.6) is 0 Å². The predicted octanol–water partition coefficient (Wildman–Crippen LogP) is 2.85. The van der Waals surface area contributed by atoms with Crippen LogP contribution in [0.4, 0.5) is 5.69 Å². The number of aliphatic imine (C=N–C) groups is 1. The number of anilines is 1. The summed E-state index contributed by atoms with van der Waals surface area (Å²) in [6.45, 7) is 5.93. The zero-order valence-corrected chi connectivity index (χ0v) is 19.2. The monoisotopic (exact) mass is 508 g/mol. The van der Waals surface area contributed by atoms with Gasteiger partial charge in [0.05, 0.1) is 16.3 Å². The summed E-state index contributed by atoms with van der Waals surface area (Å²) in [7, 11) is 3.63. The van der Waals surface area contributed by atoms with E-state index >= 15 is 0 Å². The number of hydrogen-bond acceptors (Lipinski definition) is 4. The van der Waals surface area contributed by atoms with Crippen molar-refractivity contribution in [2.24, 2.45) is 4.99 Å². The first kappa shape index (κ1) is 22.5. The summed E-state index contributed by atoms with van der Waals surface area (Å²) in [5, 5.41) is 4.33. The topological polar surface area (TPSA) is 49.3 Å². The van der Waals surface area contributed by atoms with Gasteiger partial charge >= 0.3 is 0 Å². The number of ether oxygens (including phenoxy) is 2. The molecule has 2 saturated heterocycles. The molecule has 2 aliphatic rings. The van der Waals surface area contributed by atoms with E-state index in [-0.39, 0.29) is 29.6 Å². The normalized spacial score (nSPS) is 20.2. The second-order valence-corrected chi connectivity index (χ2v) is 7.23. The third kappa shape index (κ3) is 5.62. The smallest absolute Gasteiger partial charge is 0.193 e. The van der Waals surface area contributed by atoms with Gasteiger partial charge in [0.25, 0.3) is 0 Å². The van der Waals surface area contributed by atoms with Crippen molar-refractivity contribution in [2.45, 2.75) is 18.4 Å². The van der Waals surface area contributed by atoms with Crippen molar-refractivity contribution in [1.82, 2.24) is 10.2 Å². The molecule has 1 aromatic carbocycles. The molecule has 0 spiro atoms. The van der Waals surface area contributed by atoms with Crippen LogP contribution in [0.15, 0.2) is 29.3 Å². The number of nitrogens with one attached hydrogen (secondary N) is 1. The number of nitrogens with zero attached hydrogens (tertiary/aromatic N) is 3. The number of guanidine groups is 1. The first-order chi connectivity index (χ1) is 12.7. The fraction of sp³-hybridized carbons (Fsp3) is 0.632. The van der Waals surface area contributed by atoms with E-state index in [1.54, 1.807) is 7.11 Å². The molecule has 27 heavy (non-hydrogen) atoms. The van der Waals surface area contributed by atoms with Gasteiger partial charge in [-0.2, -0.15) is 0 Å². The van der Waals surface area contributed by atoms with Gasteiger partial charge in [-0.15, -0.1) is 24.0 Å². The second kappa shape index (κ2) is 10.7. The first-order valence-electron chi connectivity index (χ1n) is 9.25. The highest BCUT2D eigenvalue weighted by molar-refractivity contribution is 14.0. The number of methoxy groups -OCH3 is 1. The Morgan fingerprint density at radius 1 is 1.22 bits per heavy atom. The zero-order valence-electron chi connectivity index (χ0n) is 16.1. The minimum Gasteiger partial charge on any atom is -0.381 e. The van der Waals surface area contributed by atoms with Crippen LogP contribution in [0.2, 0.25) is 5.02 Å². The predicted molar refractivity (Wildman–Crippen MR) is 122 cm³/mol. The minimum absolute atomic E-state index is 0. The standard InChI is InChI=1S/C19H29ClN4O2.HI/c1-21-18(22-15-19(25-2)7-13-26-14-8-19)24-11-9-23(10-12-24)17-6-4-3-5-16(17)20;/h3-6H,7-15H2,1-2H3,(H,21,22);1H. The largest absolute Gasteiger partial charge is 0.381 e. The average molecular weight is 509 g/mol. The molecule has 2 aliphatic heterocycles. The van der Waals surface area contributed by atoms with Gasteiger partial charge in [0.2, 0.25) is 0 Å². The van der Waals surface area contributed by atoms with Crippen molar-refractivity contribution in [3.05, 3.63) is 29.3 Å². The number of piperazine rings is 1. The number of benzene rings is 1. The van der Waals surface area contributed by atoms with Crippen LogP contribution in [-0.2, 0) is 9.47 Å².